The quantitative estimate of drug-likeness (QED) is 0.627. The maximum absolute atomic E-state index is 11.5. The van der Waals surface area contributed by atoms with E-state index < -0.39 is 11.8 Å². The molecule has 0 spiro atoms. The molecule has 16 heavy (non-hydrogen) atoms. The Morgan fingerprint density at radius 2 is 2.44 bits per heavy atom. The lowest BCUT2D eigenvalue weighted by atomic mass is 10.2. The van der Waals surface area contributed by atoms with Crippen molar-refractivity contribution in [3.63, 3.8) is 0 Å². The number of rotatable bonds is 2. The van der Waals surface area contributed by atoms with Gasteiger partial charge in [0, 0.05) is 12.6 Å². The predicted octanol–water partition coefficient (Wildman–Crippen LogP) is -0.817. The molecule has 0 aromatic carbocycles. The molecule has 1 fully saturated rings. The minimum atomic E-state index is -0.593. The molecule has 2 heterocycles. The lowest BCUT2D eigenvalue weighted by Gasteiger charge is -2.12. The molecule has 2 rings (SSSR count). The summed E-state index contributed by atoms with van der Waals surface area (Å²) in [5.74, 6) is 0.184. The fourth-order valence-electron chi connectivity index (χ4n) is 1.70. The van der Waals surface area contributed by atoms with Gasteiger partial charge in [-0.1, -0.05) is 0 Å². The third-order valence-electron chi connectivity index (χ3n) is 2.55. The summed E-state index contributed by atoms with van der Waals surface area (Å²) in [4.78, 5) is 15.2. The molecule has 0 bridgehead atoms. The van der Waals surface area contributed by atoms with Crippen LogP contribution in [0.15, 0.2) is 17.1 Å². The van der Waals surface area contributed by atoms with Crippen LogP contribution < -0.4 is 11.4 Å². The van der Waals surface area contributed by atoms with E-state index >= 15 is 0 Å². The summed E-state index contributed by atoms with van der Waals surface area (Å²) in [6.45, 7) is -0.0977. The molecule has 1 aromatic heterocycles. The maximum atomic E-state index is 11.5. The van der Waals surface area contributed by atoms with Gasteiger partial charge in [-0.05, 0) is 6.07 Å². The molecule has 0 radical (unpaired) electrons. The van der Waals surface area contributed by atoms with Crippen LogP contribution in [-0.4, -0.2) is 37.7 Å². The second-order valence-electron chi connectivity index (χ2n) is 3.66. The van der Waals surface area contributed by atoms with Gasteiger partial charge in [0.2, 0.25) is 0 Å². The first-order valence-corrected chi connectivity index (χ1v) is 5.85. The van der Waals surface area contributed by atoms with Crippen LogP contribution >= 0.6 is 11.8 Å². The number of thioether (sulfide) groups is 1. The predicted molar refractivity (Wildman–Crippen MR) is 61.0 cm³/mol. The van der Waals surface area contributed by atoms with Gasteiger partial charge in [0.1, 0.15) is 5.82 Å². The molecule has 1 aliphatic rings. The van der Waals surface area contributed by atoms with Crippen molar-refractivity contribution >= 4 is 17.6 Å². The topological polar surface area (TPSA) is 101 Å². The first-order chi connectivity index (χ1) is 7.61. The van der Waals surface area contributed by atoms with Crippen molar-refractivity contribution in [1.29, 1.82) is 0 Å². The van der Waals surface area contributed by atoms with Crippen LogP contribution in [0, 0.1) is 0 Å². The molecule has 4 N–H and O–H groups in total. The molecule has 6 nitrogen and oxygen atoms in total. The fourth-order valence-corrected chi connectivity index (χ4v) is 3.08. The van der Waals surface area contributed by atoms with Crippen molar-refractivity contribution in [1.82, 2.24) is 9.55 Å². The zero-order valence-electron chi connectivity index (χ0n) is 8.48. The van der Waals surface area contributed by atoms with E-state index in [1.807, 2.05) is 0 Å². The molecule has 7 heteroatoms. The molecular weight excluding hydrogens is 230 g/mol. The summed E-state index contributed by atoms with van der Waals surface area (Å²) in [5, 5.41) is 18.2. The molecule has 1 aliphatic heterocycles. The molecule has 0 amide bonds. The minimum Gasteiger partial charge on any atom is -0.395 e. The van der Waals surface area contributed by atoms with Crippen molar-refractivity contribution in [3.8, 4) is 0 Å². The number of nitrogen functional groups attached to an aromatic ring is 1. The van der Waals surface area contributed by atoms with Crippen molar-refractivity contribution in [2.45, 2.75) is 23.1 Å². The van der Waals surface area contributed by atoms with Gasteiger partial charge in [-0.25, -0.2) is 4.79 Å². The number of aliphatic hydroxyl groups excluding tert-OH is 2. The molecule has 3 atom stereocenters. The van der Waals surface area contributed by atoms with Gasteiger partial charge in [0.15, 0.2) is 0 Å². The number of nitrogens with two attached hydrogens (primary N) is 1. The lowest BCUT2D eigenvalue weighted by Crippen LogP contribution is -2.25. The standard InChI is InChI=1S/C9H13N3O3S/c10-7-1-2-12(9(15)11-7)8-3-5(14)6(4-13)16-8/h1-2,5-6,8,13-14H,3-4H2,(H2,10,11,15)/t5-,6-,8+/m0/s1. The van der Waals surface area contributed by atoms with Crippen LogP contribution in [-0.2, 0) is 0 Å². The summed E-state index contributed by atoms with van der Waals surface area (Å²) >= 11 is 1.37. The Kier molecular flexibility index (Phi) is 3.17. The summed E-state index contributed by atoms with van der Waals surface area (Å²) in [6, 6.07) is 1.54. The average Bonchev–Trinajstić information content (AvgIpc) is 2.59. The molecule has 88 valence electrons. The van der Waals surface area contributed by atoms with Crippen LogP contribution in [0.5, 0.6) is 0 Å². The van der Waals surface area contributed by atoms with E-state index in [2.05, 4.69) is 4.98 Å². The van der Waals surface area contributed by atoms with E-state index in [0.29, 0.717) is 6.42 Å². The number of hydrogen-bond acceptors (Lipinski definition) is 6. The van der Waals surface area contributed by atoms with Gasteiger partial charge in [0.05, 0.1) is 23.3 Å². The highest BCUT2D eigenvalue weighted by Gasteiger charge is 2.34. The SMILES string of the molecule is Nc1ccn([C@H]2C[C@H](O)[C@H](CO)S2)c(=O)n1. The van der Waals surface area contributed by atoms with E-state index in [4.69, 9.17) is 10.8 Å². The lowest BCUT2D eigenvalue weighted by molar-refractivity contribution is 0.137. The van der Waals surface area contributed by atoms with Gasteiger partial charge >= 0.3 is 5.69 Å². The van der Waals surface area contributed by atoms with E-state index in [0.717, 1.165) is 0 Å². The van der Waals surface area contributed by atoms with Gasteiger partial charge < -0.3 is 15.9 Å². The van der Waals surface area contributed by atoms with Gasteiger partial charge in [-0.15, -0.1) is 11.8 Å². The summed E-state index contributed by atoms with van der Waals surface area (Å²) in [5.41, 5.74) is 4.96. The van der Waals surface area contributed by atoms with E-state index in [-0.39, 0.29) is 23.0 Å². The van der Waals surface area contributed by atoms with E-state index in [1.165, 1.54) is 16.3 Å². The van der Waals surface area contributed by atoms with Gasteiger partial charge in [-0.2, -0.15) is 4.98 Å². The van der Waals surface area contributed by atoms with Crippen LogP contribution in [0.4, 0.5) is 5.82 Å². The Morgan fingerprint density at radius 3 is 3.00 bits per heavy atom. The third kappa shape index (κ3) is 2.06. The largest absolute Gasteiger partial charge is 0.395 e. The Hall–Kier alpha value is -1.05. The van der Waals surface area contributed by atoms with Crippen LogP contribution in [0.3, 0.4) is 0 Å². The normalized spacial score (nSPS) is 29.5. The highest BCUT2D eigenvalue weighted by atomic mass is 32.2. The minimum absolute atomic E-state index is 0.0977. The average molecular weight is 243 g/mol. The second kappa shape index (κ2) is 4.44. The molecule has 0 aliphatic carbocycles. The fraction of sp³-hybridized carbons (Fsp3) is 0.556. The highest BCUT2D eigenvalue weighted by molar-refractivity contribution is 8.00. The van der Waals surface area contributed by atoms with Crippen molar-refractivity contribution < 1.29 is 10.2 Å². The summed E-state index contributed by atoms with van der Waals surface area (Å²) in [7, 11) is 0. The van der Waals surface area contributed by atoms with Crippen LogP contribution in [0.1, 0.15) is 11.8 Å². The second-order valence-corrected chi connectivity index (χ2v) is 5.08. The maximum Gasteiger partial charge on any atom is 0.350 e. The Bertz CT molecular complexity index is 436. The molecule has 1 saturated heterocycles. The first kappa shape index (κ1) is 11.4. The first-order valence-electron chi connectivity index (χ1n) is 4.91. The molecule has 0 unspecified atom stereocenters. The molecule has 1 aromatic rings. The Balaban J connectivity index is 2.23. The Morgan fingerprint density at radius 1 is 1.69 bits per heavy atom. The number of aromatic nitrogens is 2. The van der Waals surface area contributed by atoms with Gasteiger partial charge in [-0.3, -0.25) is 4.57 Å². The smallest absolute Gasteiger partial charge is 0.350 e. The van der Waals surface area contributed by atoms with E-state index in [9.17, 15) is 9.90 Å². The third-order valence-corrected chi connectivity index (χ3v) is 4.09. The van der Waals surface area contributed by atoms with E-state index in [1.54, 1.807) is 12.3 Å². The number of aliphatic hydroxyl groups is 2. The van der Waals surface area contributed by atoms with Crippen LogP contribution in [0.2, 0.25) is 0 Å². The summed E-state index contributed by atoms with van der Waals surface area (Å²) in [6.07, 6.45) is 1.40. The summed E-state index contributed by atoms with van der Waals surface area (Å²) < 4.78 is 1.43. The number of hydrogen-bond donors (Lipinski definition) is 3. The van der Waals surface area contributed by atoms with Gasteiger partial charge in [0.25, 0.3) is 0 Å². The zero-order chi connectivity index (χ0) is 11.7. The number of nitrogens with zero attached hydrogens (tertiary/aromatic N) is 2. The Labute approximate surface area is 96.1 Å². The molecule has 0 saturated carbocycles. The molecular formula is C9H13N3O3S. The highest BCUT2D eigenvalue weighted by Crippen LogP contribution is 2.40. The van der Waals surface area contributed by atoms with Crippen molar-refractivity contribution in [3.05, 3.63) is 22.7 Å². The van der Waals surface area contributed by atoms with Crippen molar-refractivity contribution in [2.75, 3.05) is 12.3 Å². The number of anilines is 1. The zero-order valence-corrected chi connectivity index (χ0v) is 9.30. The van der Waals surface area contributed by atoms with Crippen LogP contribution in [0.25, 0.3) is 0 Å². The monoisotopic (exact) mass is 243 g/mol. The van der Waals surface area contributed by atoms with Crippen molar-refractivity contribution in [2.24, 2.45) is 0 Å².